The molecule has 4 rings (SSSR count). The molecule has 0 aromatic carbocycles. The molecule has 9 heteroatoms. The number of hydrogen-bond donors (Lipinski definition) is 1. The SMILES string of the molecule is CCn1ncc2c(NC3CCS(=O)(=O)CC3)c(C3=NO[C]C3)cnc21. The van der Waals surface area contributed by atoms with Crippen LogP contribution in [0.1, 0.15) is 31.7 Å². The molecule has 0 saturated carbocycles. The molecule has 25 heavy (non-hydrogen) atoms. The predicted octanol–water partition coefficient (Wildman–Crippen LogP) is 1.60. The summed E-state index contributed by atoms with van der Waals surface area (Å²) in [4.78, 5) is 9.44. The van der Waals surface area contributed by atoms with Crippen molar-refractivity contribution in [1.29, 1.82) is 0 Å². The lowest BCUT2D eigenvalue weighted by molar-refractivity contribution is 0.234. The van der Waals surface area contributed by atoms with Crippen LogP contribution in [-0.4, -0.2) is 46.4 Å². The molecule has 2 aliphatic rings. The van der Waals surface area contributed by atoms with E-state index in [1.807, 2.05) is 11.6 Å². The number of pyridine rings is 1. The van der Waals surface area contributed by atoms with E-state index >= 15 is 0 Å². The van der Waals surface area contributed by atoms with Gasteiger partial charge in [-0.2, -0.15) is 5.10 Å². The first-order valence-corrected chi connectivity index (χ1v) is 10.2. The van der Waals surface area contributed by atoms with Gasteiger partial charge in [-0.25, -0.2) is 18.1 Å². The lowest BCUT2D eigenvalue weighted by Crippen LogP contribution is -2.32. The van der Waals surface area contributed by atoms with E-state index in [1.54, 1.807) is 12.4 Å². The fraction of sp³-hybridized carbons (Fsp3) is 0.500. The largest absolute Gasteiger partial charge is 0.381 e. The average molecular weight is 361 g/mol. The zero-order valence-corrected chi connectivity index (χ0v) is 14.7. The second-order valence-electron chi connectivity index (χ2n) is 6.27. The Bertz CT molecular complexity index is 921. The summed E-state index contributed by atoms with van der Waals surface area (Å²) < 4.78 is 25.2. The Kier molecular flexibility index (Phi) is 4.10. The van der Waals surface area contributed by atoms with Gasteiger partial charge in [0.1, 0.15) is 9.84 Å². The maximum Gasteiger partial charge on any atom is 0.236 e. The van der Waals surface area contributed by atoms with Crippen molar-refractivity contribution in [3.8, 4) is 0 Å². The molecular formula is C16H19N5O3S. The van der Waals surface area contributed by atoms with Gasteiger partial charge in [-0.15, -0.1) is 0 Å². The Morgan fingerprint density at radius 2 is 2.16 bits per heavy atom. The molecule has 0 bridgehead atoms. The summed E-state index contributed by atoms with van der Waals surface area (Å²) in [5.41, 5.74) is 3.29. The highest BCUT2D eigenvalue weighted by molar-refractivity contribution is 7.91. The molecule has 2 aliphatic heterocycles. The van der Waals surface area contributed by atoms with Gasteiger partial charge in [0.2, 0.25) is 6.61 Å². The number of sulfone groups is 1. The fourth-order valence-corrected chi connectivity index (χ4v) is 4.73. The number of oxime groups is 1. The number of nitrogens with zero attached hydrogens (tertiary/aromatic N) is 4. The van der Waals surface area contributed by atoms with E-state index in [0.717, 1.165) is 34.5 Å². The van der Waals surface area contributed by atoms with Gasteiger partial charge in [-0.3, -0.25) is 0 Å². The number of nitrogens with one attached hydrogen (secondary N) is 1. The van der Waals surface area contributed by atoms with E-state index in [4.69, 9.17) is 4.84 Å². The second kappa shape index (κ2) is 6.29. The van der Waals surface area contributed by atoms with Crippen LogP contribution in [0.2, 0.25) is 0 Å². The number of aryl methyl sites for hydroxylation is 1. The number of hydrogen-bond acceptors (Lipinski definition) is 7. The monoisotopic (exact) mass is 361 g/mol. The van der Waals surface area contributed by atoms with Gasteiger partial charge in [-0.05, 0) is 19.8 Å². The molecule has 132 valence electrons. The van der Waals surface area contributed by atoms with Crippen LogP contribution in [0.25, 0.3) is 11.0 Å². The summed E-state index contributed by atoms with van der Waals surface area (Å²) in [6.45, 7) is 5.46. The van der Waals surface area contributed by atoms with Crippen molar-refractivity contribution in [1.82, 2.24) is 14.8 Å². The average Bonchev–Trinajstić information content (AvgIpc) is 3.26. The molecule has 2 aromatic rings. The van der Waals surface area contributed by atoms with Crippen LogP contribution < -0.4 is 5.32 Å². The van der Waals surface area contributed by atoms with Gasteiger partial charge in [0.05, 0.1) is 34.5 Å². The zero-order chi connectivity index (χ0) is 17.4. The van der Waals surface area contributed by atoms with Gasteiger partial charge in [0, 0.05) is 30.8 Å². The van der Waals surface area contributed by atoms with Crippen LogP contribution >= 0.6 is 0 Å². The molecule has 1 fully saturated rings. The Morgan fingerprint density at radius 1 is 1.36 bits per heavy atom. The molecule has 2 aromatic heterocycles. The molecule has 2 radical (unpaired) electrons. The van der Waals surface area contributed by atoms with Crippen molar-refractivity contribution in [2.45, 2.75) is 38.8 Å². The standard InChI is InChI=1S/C16H19N5O3S/c1-2-21-16-13(10-18-21)15(12(9-17-16)14-3-6-24-20-14)19-11-4-7-25(22,23)8-5-11/h9-11H,2-5,7-8H2,1H3,(H,17,19). The van der Waals surface area contributed by atoms with Crippen molar-refractivity contribution in [2.75, 3.05) is 16.8 Å². The number of rotatable bonds is 4. The third-order valence-electron chi connectivity index (χ3n) is 4.64. The van der Waals surface area contributed by atoms with Crippen molar-refractivity contribution < 1.29 is 13.3 Å². The van der Waals surface area contributed by atoms with Crippen LogP contribution in [0.4, 0.5) is 5.69 Å². The third kappa shape index (κ3) is 3.08. The molecule has 0 amide bonds. The van der Waals surface area contributed by atoms with E-state index in [0.29, 0.717) is 19.3 Å². The smallest absolute Gasteiger partial charge is 0.236 e. The first kappa shape index (κ1) is 16.3. The van der Waals surface area contributed by atoms with Crippen LogP contribution in [-0.2, 0) is 21.2 Å². The highest BCUT2D eigenvalue weighted by atomic mass is 32.2. The minimum Gasteiger partial charge on any atom is -0.381 e. The van der Waals surface area contributed by atoms with E-state index in [1.165, 1.54) is 0 Å². The van der Waals surface area contributed by atoms with Crippen LogP contribution in [0, 0.1) is 6.61 Å². The molecule has 1 saturated heterocycles. The molecule has 8 nitrogen and oxygen atoms in total. The quantitative estimate of drug-likeness (QED) is 0.888. The summed E-state index contributed by atoms with van der Waals surface area (Å²) in [5.74, 6) is 0.433. The molecule has 0 aliphatic carbocycles. The first-order valence-electron chi connectivity index (χ1n) is 8.35. The van der Waals surface area contributed by atoms with E-state index in [9.17, 15) is 8.42 Å². The summed E-state index contributed by atoms with van der Waals surface area (Å²) in [6.07, 6.45) is 5.24. The Balaban J connectivity index is 1.73. The number of fused-ring (bicyclic) bond motifs is 1. The lowest BCUT2D eigenvalue weighted by Gasteiger charge is -2.25. The van der Waals surface area contributed by atoms with Crippen molar-refractivity contribution in [3.05, 3.63) is 24.6 Å². The molecule has 1 N–H and O–H groups in total. The third-order valence-corrected chi connectivity index (χ3v) is 6.36. The summed E-state index contributed by atoms with van der Waals surface area (Å²) in [5, 5.41) is 12.8. The van der Waals surface area contributed by atoms with E-state index < -0.39 is 9.84 Å². The minimum atomic E-state index is -2.90. The van der Waals surface area contributed by atoms with Gasteiger partial charge in [0.15, 0.2) is 5.65 Å². The first-order chi connectivity index (χ1) is 12.1. The molecule has 0 unspecified atom stereocenters. The van der Waals surface area contributed by atoms with Gasteiger partial charge >= 0.3 is 0 Å². The maximum absolute atomic E-state index is 11.7. The van der Waals surface area contributed by atoms with Gasteiger partial charge < -0.3 is 10.2 Å². The fourth-order valence-electron chi connectivity index (χ4n) is 3.24. The van der Waals surface area contributed by atoms with Crippen molar-refractivity contribution in [2.24, 2.45) is 5.16 Å². The minimum absolute atomic E-state index is 0.0914. The predicted molar refractivity (Wildman–Crippen MR) is 94.0 cm³/mol. The summed E-state index contributed by atoms with van der Waals surface area (Å²) in [6, 6.07) is 0.0914. The molecular weight excluding hydrogens is 342 g/mol. The number of aromatic nitrogens is 3. The topological polar surface area (TPSA) is 98.5 Å². The Labute approximate surface area is 146 Å². The normalized spacial score (nSPS) is 20.4. The summed E-state index contributed by atoms with van der Waals surface area (Å²) >= 11 is 0. The summed E-state index contributed by atoms with van der Waals surface area (Å²) in [7, 11) is -2.90. The zero-order valence-electron chi connectivity index (χ0n) is 13.9. The molecule has 0 atom stereocenters. The lowest BCUT2D eigenvalue weighted by atomic mass is 10.0. The highest BCUT2D eigenvalue weighted by Gasteiger charge is 2.26. The van der Waals surface area contributed by atoms with E-state index in [2.05, 4.69) is 27.2 Å². The highest BCUT2D eigenvalue weighted by Crippen LogP contribution is 2.31. The van der Waals surface area contributed by atoms with Gasteiger partial charge in [-0.1, -0.05) is 5.16 Å². The van der Waals surface area contributed by atoms with Crippen LogP contribution in [0.5, 0.6) is 0 Å². The van der Waals surface area contributed by atoms with Crippen LogP contribution in [0.3, 0.4) is 0 Å². The molecule has 4 heterocycles. The second-order valence-corrected chi connectivity index (χ2v) is 8.57. The Hall–Kier alpha value is -2.16. The van der Waals surface area contributed by atoms with Gasteiger partial charge in [0.25, 0.3) is 0 Å². The maximum atomic E-state index is 11.7. The van der Waals surface area contributed by atoms with E-state index in [-0.39, 0.29) is 17.5 Å². The molecule has 0 spiro atoms. The Morgan fingerprint density at radius 3 is 2.84 bits per heavy atom. The van der Waals surface area contributed by atoms with Crippen molar-refractivity contribution >= 4 is 32.3 Å². The number of anilines is 1. The van der Waals surface area contributed by atoms with Crippen LogP contribution in [0.15, 0.2) is 17.5 Å². The van der Waals surface area contributed by atoms with Crippen molar-refractivity contribution in [3.63, 3.8) is 0 Å².